The van der Waals surface area contributed by atoms with Crippen molar-refractivity contribution in [1.82, 2.24) is 15.1 Å². The third-order valence-electron chi connectivity index (χ3n) is 6.11. The van der Waals surface area contributed by atoms with E-state index in [9.17, 15) is 14.7 Å². The summed E-state index contributed by atoms with van der Waals surface area (Å²) >= 11 is 6.03. The maximum Gasteiger partial charge on any atom is 0.407 e. The second-order valence-electron chi connectivity index (χ2n) is 7.91. The van der Waals surface area contributed by atoms with Crippen molar-refractivity contribution >= 4 is 23.6 Å². The number of benzene rings is 1. The topological polar surface area (TPSA) is 72.9 Å². The largest absolute Gasteiger partial charge is 0.465 e. The van der Waals surface area contributed by atoms with Gasteiger partial charge in [0.15, 0.2) is 0 Å². The first-order valence-electron chi connectivity index (χ1n) is 9.81. The zero-order valence-corrected chi connectivity index (χ0v) is 16.1. The molecule has 6 nitrogen and oxygen atoms in total. The molecule has 2 saturated heterocycles. The molecule has 7 heteroatoms. The lowest BCUT2D eigenvalue weighted by atomic mass is 9.93. The summed E-state index contributed by atoms with van der Waals surface area (Å²) in [6.07, 6.45) is 2.67. The fraction of sp³-hybridized carbons (Fsp3) is 0.600. The summed E-state index contributed by atoms with van der Waals surface area (Å²) in [4.78, 5) is 28.5. The Labute approximate surface area is 164 Å². The molecule has 1 aromatic rings. The third-order valence-corrected chi connectivity index (χ3v) is 6.36. The first kappa shape index (κ1) is 18.6. The number of hydrogen-bond donors (Lipinski definition) is 2. The number of nitrogens with zero attached hydrogens (tertiary/aromatic N) is 2. The minimum absolute atomic E-state index is 0.00960. The van der Waals surface area contributed by atoms with Crippen molar-refractivity contribution in [3.05, 3.63) is 34.9 Å². The van der Waals surface area contributed by atoms with E-state index in [-0.39, 0.29) is 29.8 Å². The van der Waals surface area contributed by atoms with Crippen molar-refractivity contribution in [2.45, 2.75) is 43.7 Å². The van der Waals surface area contributed by atoms with E-state index in [0.717, 1.165) is 44.3 Å². The molecule has 2 amide bonds. The van der Waals surface area contributed by atoms with E-state index < -0.39 is 6.09 Å². The molecule has 27 heavy (non-hydrogen) atoms. The molecule has 0 bridgehead atoms. The highest BCUT2D eigenvalue weighted by Gasteiger charge is 2.47. The molecule has 2 N–H and O–H groups in total. The van der Waals surface area contributed by atoms with Gasteiger partial charge in [-0.2, -0.15) is 0 Å². The average Bonchev–Trinajstić information content (AvgIpc) is 3.41. The van der Waals surface area contributed by atoms with Gasteiger partial charge in [-0.15, -0.1) is 0 Å². The van der Waals surface area contributed by atoms with Crippen LogP contribution in [-0.2, 0) is 4.79 Å². The van der Waals surface area contributed by atoms with Crippen LogP contribution >= 0.6 is 11.6 Å². The molecule has 2 aliphatic heterocycles. The minimum Gasteiger partial charge on any atom is -0.465 e. The Morgan fingerprint density at radius 3 is 2.33 bits per heavy atom. The first-order valence-corrected chi connectivity index (χ1v) is 10.2. The summed E-state index contributed by atoms with van der Waals surface area (Å²) in [6.45, 7) is 2.81. The Bertz CT molecular complexity index is 701. The molecule has 1 saturated carbocycles. The molecule has 4 rings (SSSR count). The number of hydrogen-bond acceptors (Lipinski definition) is 3. The predicted octanol–water partition coefficient (Wildman–Crippen LogP) is 2.78. The summed E-state index contributed by atoms with van der Waals surface area (Å²) in [5.74, 6) is 0.221. The number of carbonyl (C=O) groups excluding carboxylic acids is 1. The van der Waals surface area contributed by atoms with Gasteiger partial charge in [0.1, 0.15) is 0 Å². The van der Waals surface area contributed by atoms with Gasteiger partial charge in [0.2, 0.25) is 5.91 Å². The van der Waals surface area contributed by atoms with Crippen molar-refractivity contribution in [3.8, 4) is 0 Å². The van der Waals surface area contributed by atoms with E-state index >= 15 is 0 Å². The quantitative estimate of drug-likeness (QED) is 0.827. The highest BCUT2D eigenvalue weighted by molar-refractivity contribution is 6.30. The summed E-state index contributed by atoms with van der Waals surface area (Å²) < 4.78 is 0. The van der Waals surface area contributed by atoms with Gasteiger partial charge >= 0.3 is 6.09 Å². The Morgan fingerprint density at radius 2 is 1.74 bits per heavy atom. The Morgan fingerprint density at radius 1 is 1.07 bits per heavy atom. The number of amides is 2. The van der Waals surface area contributed by atoms with Crippen molar-refractivity contribution < 1.29 is 14.7 Å². The van der Waals surface area contributed by atoms with Gasteiger partial charge in [-0.05, 0) is 56.5 Å². The standard InChI is InChI=1S/C20H26ClN3O3/c21-15-3-1-13(2-4-15)17-11-23(19(25)14-7-9-22-10-8-14)12-18(17)24(20(26)27)16-5-6-16/h1-4,14,16-18,22H,5-12H2,(H,26,27)/t17-,18+/m1/s1. The maximum absolute atomic E-state index is 13.1. The highest BCUT2D eigenvalue weighted by Crippen LogP contribution is 2.38. The molecule has 0 unspecified atom stereocenters. The average molecular weight is 392 g/mol. The van der Waals surface area contributed by atoms with E-state index in [1.807, 2.05) is 29.2 Å². The number of nitrogens with one attached hydrogen (secondary N) is 1. The number of carboxylic acid groups (broad SMARTS) is 1. The fourth-order valence-corrected chi connectivity index (χ4v) is 4.66. The number of likely N-dealkylation sites (tertiary alicyclic amines) is 1. The van der Waals surface area contributed by atoms with Crippen LogP contribution in [0.5, 0.6) is 0 Å². The van der Waals surface area contributed by atoms with E-state index in [0.29, 0.717) is 18.1 Å². The van der Waals surface area contributed by atoms with E-state index in [1.165, 1.54) is 0 Å². The van der Waals surface area contributed by atoms with Gasteiger partial charge in [-0.1, -0.05) is 23.7 Å². The van der Waals surface area contributed by atoms with Gasteiger partial charge in [0, 0.05) is 36.0 Å². The second kappa shape index (κ2) is 7.68. The van der Waals surface area contributed by atoms with Crippen LogP contribution < -0.4 is 5.32 Å². The lowest BCUT2D eigenvalue weighted by molar-refractivity contribution is -0.135. The van der Waals surface area contributed by atoms with Crippen molar-refractivity contribution in [2.75, 3.05) is 26.2 Å². The third kappa shape index (κ3) is 3.92. The molecule has 3 fully saturated rings. The summed E-state index contributed by atoms with van der Waals surface area (Å²) in [7, 11) is 0. The van der Waals surface area contributed by atoms with Crippen LogP contribution in [0, 0.1) is 5.92 Å². The van der Waals surface area contributed by atoms with Crippen LogP contribution in [0.25, 0.3) is 0 Å². The summed E-state index contributed by atoms with van der Waals surface area (Å²) in [5, 5.41) is 13.8. The van der Waals surface area contributed by atoms with Crippen molar-refractivity contribution in [2.24, 2.45) is 5.92 Å². The molecule has 3 aliphatic rings. The Hall–Kier alpha value is -1.79. The minimum atomic E-state index is -0.877. The van der Waals surface area contributed by atoms with Crippen LogP contribution in [-0.4, -0.2) is 65.2 Å². The van der Waals surface area contributed by atoms with Crippen molar-refractivity contribution in [3.63, 3.8) is 0 Å². The summed E-state index contributed by atoms with van der Waals surface area (Å²) in [5.41, 5.74) is 1.05. The van der Waals surface area contributed by atoms with E-state index in [2.05, 4.69) is 5.32 Å². The lowest BCUT2D eigenvalue weighted by Crippen LogP contribution is -2.46. The predicted molar refractivity (Wildman–Crippen MR) is 103 cm³/mol. The smallest absolute Gasteiger partial charge is 0.407 e. The van der Waals surface area contributed by atoms with E-state index in [1.54, 1.807) is 4.90 Å². The molecule has 0 spiro atoms. The number of rotatable bonds is 4. The molecule has 0 radical (unpaired) electrons. The van der Waals surface area contributed by atoms with Gasteiger partial charge < -0.3 is 15.3 Å². The van der Waals surface area contributed by atoms with E-state index in [4.69, 9.17) is 11.6 Å². The molecule has 146 valence electrons. The number of piperidine rings is 1. The van der Waals surface area contributed by atoms with Crippen LogP contribution in [0.15, 0.2) is 24.3 Å². The van der Waals surface area contributed by atoms with Gasteiger partial charge in [0.05, 0.1) is 6.04 Å². The summed E-state index contributed by atoms with van der Waals surface area (Å²) in [6, 6.07) is 7.51. The van der Waals surface area contributed by atoms with Crippen LogP contribution in [0.1, 0.15) is 37.2 Å². The Balaban J connectivity index is 1.58. The molecule has 2 atom stereocenters. The molecule has 2 heterocycles. The van der Waals surface area contributed by atoms with Gasteiger partial charge in [-0.3, -0.25) is 9.69 Å². The fourth-order valence-electron chi connectivity index (χ4n) is 4.53. The molecule has 1 aliphatic carbocycles. The second-order valence-corrected chi connectivity index (χ2v) is 8.35. The zero-order valence-electron chi connectivity index (χ0n) is 15.3. The normalized spacial score (nSPS) is 26.2. The Kier molecular flexibility index (Phi) is 5.28. The highest BCUT2D eigenvalue weighted by atomic mass is 35.5. The molecular formula is C20H26ClN3O3. The first-order chi connectivity index (χ1) is 13.0. The molecule has 0 aromatic heterocycles. The molecule has 1 aromatic carbocycles. The monoisotopic (exact) mass is 391 g/mol. The van der Waals surface area contributed by atoms with Gasteiger partial charge in [-0.25, -0.2) is 4.79 Å². The van der Waals surface area contributed by atoms with Crippen molar-refractivity contribution in [1.29, 1.82) is 0 Å². The zero-order chi connectivity index (χ0) is 19.0. The maximum atomic E-state index is 13.1. The molecular weight excluding hydrogens is 366 g/mol. The lowest BCUT2D eigenvalue weighted by Gasteiger charge is -2.30. The number of halogens is 1. The number of carbonyl (C=O) groups is 2. The van der Waals surface area contributed by atoms with Crippen LogP contribution in [0.4, 0.5) is 4.79 Å². The van der Waals surface area contributed by atoms with Gasteiger partial charge in [0.25, 0.3) is 0 Å². The SMILES string of the molecule is O=C(C1CCNCC1)N1C[C@H](c2ccc(Cl)cc2)[C@@H](N(C(=O)O)C2CC2)C1. The van der Waals surface area contributed by atoms with Crippen LogP contribution in [0.2, 0.25) is 5.02 Å². The van der Waals surface area contributed by atoms with Crippen LogP contribution in [0.3, 0.4) is 0 Å².